The average molecular weight is 398 g/mol. The standard InChI is InChI=1S/C19H28FN3O3S/c1-4-14(3)17-18(24)23(5-2)19(21-17)10-12-22(13-11-19)27(25,26)16-8-6-15(20)7-9-16/h6-9,14,17,21H,4-5,10-13H2,1-3H3. The Hall–Kier alpha value is -1.51. The summed E-state index contributed by atoms with van der Waals surface area (Å²) in [6.45, 7) is 7.34. The summed E-state index contributed by atoms with van der Waals surface area (Å²) in [5, 5.41) is 3.53. The lowest BCUT2D eigenvalue weighted by molar-refractivity contribution is -0.133. The average Bonchev–Trinajstić information content (AvgIpc) is 2.93. The van der Waals surface area contributed by atoms with Crippen molar-refractivity contribution in [3.63, 3.8) is 0 Å². The smallest absolute Gasteiger partial charge is 0.243 e. The number of amides is 1. The molecule has 8 heteroatoms. The zero-order valence-electron chi connectivity index (χ0n) is 16.1. The number of carbonyl (C=O) groups excluding carboxylic acids is 1. The van der Waals surface area contributed by atoms with Crippen LogP contribution in [0.15, 0.2) is 29.2 Å². The molecule has 0 aromatic heterocycles. The highest BCUT2D eigenvalue weighted by molar-refractivity contribution is 7.89. The van der Waals surface area contributed by atoms with Crippen LogP contribution >= 0.6 is 0 Å². The maximum Gasteiger partial charge on any atom is 0.243 e. The minimum absolute atomic E-state index is 0.0973. The molecule has 2 heterocycles. The summed E-state index contributed by atoms with van der Waals surface area (Å²) in [6.07, 6.45) is 1.99. The van der Waals surface area contributed by atoms with Crippen LogP contribution in [-0.2, 0) is 14.8 Å². The molecule has 1 N–H and O–H groups in total. The molecule has 1 aromatic rings. The number of carbonyl (C=O) groups is 1. The van der Waals surface area contributed by atoms with E-state index in [-0.39, 0.29) is 22.8 Å². The van der Waals surface area contributed by atoms with Crippen LogP contribution in [0.4, 0.5) is 4.39 Å². The van der Waals surface area contributed by atoms with Crippen LogP contribution < -0.4 is 5.32 Å². The summed E-state index contributed by atoms with van der Waals surface area (Å²) in [7, 11) is -3.66. The highest BCUT2D eigenvalue weighted by atomic mass is 32.2. The predicted molar refractivity (Wildman–Crippen MR) is 101 cm³/mol. The van der Waals surface area contributed by atoms with Crippen molar-refractivity contribution in [3.8, 4) is 0 Å². The number of halogens is 1. The Morgan fingerprint density at radius 2 is 1.81 bits per heavy atom. The van der Waals surface area contributed by atoms with Crippen molar-refractivity contribution >= 4 is 15.9 Å². The third-order valence-electron chi connectivity index (χ3n) is 6.00. The molecule has 1 aromatic carbocycles. The molecule has 150 valence electrons. The van der Waals surface area contributed by atoms with Gasteiger partial charge in [-0.15, -0.1) is 0 Å². The minimum Gasteiger partial charge on any atom is -0.323 e. The van der Waals surface area contributed by atoms with Crippen molar-refractivity contribution in [1.82, 2.24) is 14.5 Å². The van der Waals surface area contributed by atoms with E-state index in [0.717, 1.165) is 18.6 Å². The molecule has 0 aliphatic carbocycles. The summed E-state index contributed by atoms with van der Waals surface area (Å²) in [4.78, 5) is 14.8. The van der Waals surface area contributed by atoms with E-state index in [9.17, 15) is 17.6 Å². The number of nitrogens with one attached hydrogen (secondary N) is 1. The summed E-state index contributed by atoms with van der Waals surface area (Å²) in [5.41, 5.74) is -0.477. The molecule has 2 saturated heterocycles. The number of sulfonamides is 1. The van der Waals surface area contributed by atoms with Crippen molar-refractivity contribution in [3.05, 3.63) is 30.1 Å². The van der Waals surface area contributed by atoms with Gasteiger partial charge in [0.2, 0.25) is 15.9 Å². The van der Waals surface area contributed by atoms with Crippen molar-refractivity contribution in [2.75, 3.05) is 19.6 Å². The van der Waals surface area contributed by atoms with Gasteiger partial charge in [-0.1, -0.05) is 20.3 Å². The van der Waals surface area contributed by atoms with Gasteiger partial charge in [0.05, 0.1) is 16.6 Å². The fourth-order valence-corrected chi connectivity index (χ4v) is 5.60. The highest BCUT2D eigenvalue weighted by Gasteiger charge is 2.52. The Bertz CT molecular complexity index is 789. The lowest BCUT2D eigenvalue weighted by atomic mass is 9.96. The molecule has 2 aliphatic heterocycles. The predicted octanol–water partition coefficient (Wildman–Crippen LogP) is 2.17. The van der Waals surface area contributed by atoms with Gasteiger partial charge >= 0.3 is 0 Å². The Kier molecular flexibility index (Phi) is 5.61. The number of hydrogen-bond donors (Lipinski definition) is 1. The van der Waals surface area contributed by atoms with E-state index in [1.165, 1.54) is 16.4 Å². The molecule has 2 unspecified atom stereocenters. The van der Waals surface area contributed by atoms with Crippen LogP contribution in [-0.4, -0.2) is 54.9 Å². The van der Waals surface area contributed by atoms with Gasteiger partial charge < -0.3 is 4.90 Å². The first-order valence-electron chi connectivity index (χ1n) is 9.60. The first kappa shape index (κ1) is 20.2. The second-order valence-electron chi connectivity index (χ2n) is 7.48. The zero-order chi connectivity index (χ0) is 19.8. The normalized spacial score (nSPS) is 24.5. The van der Waals surface area contributed by atoms with Crippen LogP contribution in [0.1, 0.15) is 40.0 Å². The zero-order valence-corrected chi connectivity index (χ0v) is 16.9. The van der Waals surface area contributed by atoms with E-state index in [1.807, 2.05) is 11.8 Å². The summed E-state index contributed by atoms with van der Waals surface area (Å²) in [6, 6.07) is 4.69. The maximum atomic E-state index is 13.1. The molecule has 1 amide bonds. The van der Waals surface area contributed by atoms with E-state index in [2.05, 4.69) is 19.2 Å². The van der Waals surface area contributed by atoms with Gasteiger partial charge in [-0.25, -0.2) is 12.8 Å². The van der Waals surface area contributed by atoms with Crippen LogP contribution in [0.3, 0.4) is 0 Å². The Morgan fingerprint density at radius 3 is 2.33 bits per heavy atom. The van der Waals surface area contributed by atoms with Crippen LogP contribution in [0.25, 0.3) is 0 Å². The minimum atomic E-state index is -3.66. The topological polar surface area (TPSA) is 69.7 Å². The van der Waals surface area contributed by atoms with E-state index >= 15 is 0 Å². The first-order valence-corrected chi connectivity index (χ1v) is 11.0. The van der Waals surface area contributed by atoms with Crippen molar-refractivity contribution in [1.29, 1.82) is 0 Å². The second-order valence-corrected chi connectivity index (χ2v) is 9.42. The van der Waals surface area contributed by atoms with Crippen molar-refractivity contribution < 1.29 is 17.6 Å². The largest absolute Gasteiger partial charge is 0.323 e. The van der Waals surface area contributed by atoms with Gasteiger partial charge in [0.1, 0.15) is 5.82 Å². The molecule has 0 radical (unpaired) electrons. The monoisotopic (exact) mass is 397 g/mol. The molecule has 6 nitrogen and oxygen atoms in total. The number of piperidine rings is 1. The lowest BCUT2D eigenvalue weighted by Gasteiger charge is -2.44. The molecule has 0 bridgehead atoms. The Morgan fingerprint density at radius 1 is 1.22 bits per heavy atom. The van der Waals surface area contributed by atoms with E-state index in [1.54, 1.807) is 0 Å². The SMILES string of the molecule is CCC(C)C1NC2(CCN(S(=O)(=O)c3ccc(F)cc3)CC2)N(CC)C1=O. The Balaban J connectivity index is 1.77. The van der Waals surface area contributed by atoms with Gasteiger partial charge in [0.15, 0.2) is 0 Å². The second kappa shape index (κ2) is 7.48. The quantitative estimate of drug-likeness (QED) is 0.827. The highest BCUT2D eigenvalue weighted by Crippen LogP contribution is 2.36. The Labute approximate surface area is 160 Å². The summed E-state index contributed by atoms with van der Waals surface area (Å²) >= 11 is 0. The first-order chi connectivity index (χ1) is 12.7. The van der Waals surface area contributed by atoms with E-state index in [4.69, 9.17) is 0 Å². The fraction of sp³-hybridized carbons (Fsp3) is 0.632. The van der Waals surface area contributed by atoms with Gasteiger partial charge in [0, 0.05) is 19.6 Å². The van der Waals surface area contributed by atoms with Crippen LogP contribution in [0, 0.1) is 11.7 Å². The molecule has 3 rings (SSSR count). The van der Waals surface area contributed by atoms with Crippen LogP contribution in [0.5, 0.6) is 0 Å². The molecule has 1 spiro atoms. The van der Waals surface area contributed by atoms with Gasteiger partial charge in [-0.3, -0.25) is 10.1 Å². The number of nitrogens with zero attached hydrogens (tertiary/aromatic N) is 2. The molecule has 2 aliphatic rings. The molecule has 0 saturated carbocycles. The molecule has 2 fully saturated rings. The molecular formula is C19H28FN3O3S. The molecule has 27 heavy (non-hydrogen) atoms. The number of likely N-dealkylation sites (N-methyl/N-ethyl adjacent to an activating group) is 1. The number of benzene rings is 1. The molecular weight excluding hydrogens is 369 g/mol. The third-order valence-corrected chi connectivity index (χ3v) is 7.92. The van der Waals surface area contributed by atoms with Gasteiger partial charge in [-0.05, 0) is 49.9 Å². The van der Waals surface area contributed by atoms with E-state index < -0.39 is 21.5 Å². The van der Waals surface area contributed by atoms with Crippen molar-refractivity contribution in [2.24, 2.45) is 5.92 Å². The van der Waals surface area contributed by atoms with E-state index in [0.29, 0.717) is 32.5 Å². The van der Waals surface area contributed by atoms with Gasteiger partial charge in [0.25, 0.3) is 0 Å². The van der Waals surface area contributed by atoms with Gasteiger partial charge in [-0.2, -0.15) is 4.31 Å². The summed E-state index contributed by atoms with van der Waals surface area (Å²) < 4.78 is 40.2. The maximum absolute atomic E-state index is 13.1. The molecule has 2 atom stereocenters. The number of rotatable bonds is 5. The summed E-state index contributed by atoms with van der Waals surface area (Å²) in [5.74, 6) is -0.122. The fourth-order valence-electron chi connectivity index (χ4n) is 4.15. The van der Waals surface area contributed by atoms with Crippen molar-refractivity contribution in [2.45, 2.75) is 56.6 Å². The number of hydrogen-bond acceptors (Lipinski definition) is 4. The lowest BCUT2D eigenvalue weighted by Crippen LogP contribution is -2.59. The third kappa shape index (κ3) is 3.50. The van der Waals surface area contributed by atoms with Crippen LogP contribution in [0.2, 0.25) is 0 Å².